The maximum atomic E-state index is 6.12. The van der Waals surface area contributed by atoms with Gasteiger partial charge in [-0.2, -0.15) is 0 Å². The average molecular weight is 228 g/mol. The largest absolute Gasteiger partial charge is 0.372 e. The highest BCUT2D eigenvalue weighted by atomic mass is 35.5. The van der Waals surface area contributed by atoms with E-state index < -0.39 is 0 Å². The zero-order valence-corrected chi connectivity index (χ0v) is 10.00. The molecule has 0 aliphatic rings. The molecular weight excluding hydrogens is 210 g/mol. The summed E-state index contributed by atoms with van der Waals surface area (Å²) < 4.78 is 5.65. The first-order chi connectivity index (χ1) is 7.20. The van der Waals surface area contributed by atoms with E-state index in [1.807, 2.05) is 38.1 Å². The molecule has 1 aromatic carbocycles. The Labute approximate surface area is 96.4 Å². The molecule has 84 valence electrons. The molecule has 0 radical (unpaired) electrons. The summed E-state index contributed by atoms with van der Waals surface area (Å²) in [5.74, 6) is 0. The van der Waals surface area contributed by atoms with Crippen LogP contribution in [0.4, 0.5) is 0 Å². The minimum atomic E-state index is -0.103. The second kappa shape index (κ2) is 6.11. The maximum absolute atomic E-state index is 6.12. The Bertz CT molecular complexity index is 303. The van der Waals surface area contributed by atoms with Crippen molar-refractivity contribution in [2.45, 2.75) is 32.4 Å². The first-order valence-electron chi connectivity index (χ1n) is 5.32. The lowest BCUT2D eigenvalue weighted by Gasteiger charge is -2.24. The van der Waals surface area contributed by atoms with E-state index >= 15 is 0 Å². The molecule has 0 heterocycles. The Morgan fingerprint density at radius 2 is 2.00 bits per heavy atom. The summed E-state index contributed by atoms with van der Waals surface area (Å²) in [6.07, 6.45) is 0.768. The van der Waals surface area contributed by atoms with Crippen molar-refractivity contribution < 1.29 is 4.74 Å². The summed E-state index contributed by atoms with van der Waals surface area (Å²) in [6.45, 7) is 4.66. The Hall–Kier alpha value is -0.570. The lowest BCUT2D eigenvalue weighted by atomic mass is 10.0. The van der Waals surface area contributed by atoms with Gasteiger partial charge in [0, 0.05) is 23.2 Å². The molecule has 0 spiro atoms. The van der Waals surface area contributed by atoms with Gasteiger partial charge in [-0.15, -0.1) is 0 Å². The van der Waals surface area contributed by atoms with E-state index in [4.69, 9.17) is 22.1 Å². The fraction of sp³-hybridized carbons (Fsp3) is 0.500. The van der Waals surface area contributed by atoms with Gasteiger partial charge >= 0.3 is 0 Å². The van der Waals surface area contributed by atoms with E-state index in [0.29, 0.717) is 6.61 Å². The highest BCUT2D eigenvalue weighted by molar-refractivity contribution is 6.31. The Morgan fingerprint density at radius 1 is 1.33 bits per heavy atom. The van der Waals surface area contributed by atoms with Gasteiger partial charge < -0.3 is 10.5 Å². The minimum Gasteiger partial charge on any atom is -0.372 e. The molecule has 0 saturated heterocycles. The van der Waals surface area contributed by atoms with Crippen molar-refractivity contribution >= 4 is 11.6 Å². The van der Waals surface area contributed by atoms with Gasteiger partial charge in [0.1, 0.15) is 0 Å². The van der Waals surface area contributed by atoms with Gasteiger partial charge in [0.05, 0.1) is 6.10 Å². The first kappa shape index (κ1) is 12.5. The molecular formula is C12H18ClNO. The van der Waals surface area contributed by atoms with Crippen LogP contribution in [0.25, 0.3) is 0 Å². The molecule has 1 rings (SSSR count). The molecule has 3 heteroatoms. The monoisotopic (exact) mass is 227 g/mol. The molecule has 0 bridgehead atoms. The van der Waals surface area contributed by atoms with E-state index in [2.05, 4.69) is 0 Å². The summed E-state index contributed by atoms with van der Waals surface area (Å²) in [5.41, 5.74) is 7.00. The van der Waals surface area contributed by atoms with Crippen molar-refractivity contribution in [3.63, 3.8) is 0 Å². The quantitative estimate of drug-likeness (QED) is 0.839. The van der Waals surface area contributed by atoms with Gasteiger partial charge in [-0.1, -0.05) is 36.7 Å². The van der Waals surface area contributed by atoms with Crippen LogP contribution >= 0.6 is 11.6 Å². The minimum absolute atomic E-state index is 0.00940. The van der Waals surface area contributed by atoms with Crippen LogP contribution in [0.5, 0.6) is 0 Å². The molecule has 2 unspecified atom stereocenters. The van der Waals surface area contributed by atoms with Crippen LogP contribution in [-0.2, 0) is 4.74 Å². The molecule has 15 heavy (non-hydrogen) atoms. The predicted octanol–water partition coefficient (Wildman–Crippen LogP) is 3.15. The third-order valence-corrected chi connectivity index (χ3v) is 2.76. The Kier molecular flexibility index (Phi) is 5.09. The third-order valence-electron chi connectivity index (χ3n) is 2.42. The van der Waals surface area contributed by atoms with Gasteiger partial charge in [-0.3, -0.25) is 0 Å². The number of rotatable bonds is 5. The molecule has 2 nitrogen and oxygen atoms in total. The summed E-state index contributed by atoms with van der Waals surface area (Å²) in [5, 5.41) is 0.722. The van der Waals surface area contributed by atoms with Crippen LogP contribution in [0.15, 0.2) is 24.3 Å². The summed E-state index contributed by atoms with van der Waals surface area (Å²) in [6, 6.07) is 7.69. The standard InChI is InChI=1S/C12H18ClNO/c1-3-11(14)12(15-4-2)9-7-5-6-8-10(9)13/h5-8,11-12H,3-4,14H2,1-2H3. The van der Waals surface area contributed by atoms with Gasteiger partial charge in [0.2, 0.25) is 0 Å². The number of benzene rings is 1. The van der Waals surface area contributed by atoms with E-state index in [9.17, 15) is 0 Å². The molecule has 0 aliphatic heterocycles. The number of ether oxygens (including phenoxy) is 1. The normalized spacial score (nSPS) is 14.9. The van der Waals surface area contributed by atoms with Crippen LogP contribution in [0.1, 0.15) is 31.9 Å². The Morgan fingerprint density at radius 3 is 2.53 bits per heavy atom. The molecule has 0 fully saturated rings. The fourth-order valence-corrected chi connectivity index (χ4v) is 1.79. The summed E-state index contributed by atoms with van der Waals surface area (Å²) in [7, 11) is 0. The topological polar surface area (TPSA) is 35.2 Å². The zero-order valence-electron chi connectivity index (χ0n) is 9.24. The van der Waals surface area contributed by atoms with Crippen molar-refractivity contribution in [2.75, 3.05) is 6.61 Å². The fourth-order valence-electron chi connectivity index (χ4n) is 1.54. The average Bonchev–Trinajstić information content (AvgIpc) is 2.26. The SMILES string of the molecule is CCOC(c1ccccc1Cl)C(N)CC. The van der Waals surface area contributed by atoms with E-state index in [-0.39, 0.29) is 12.1 Å². The molecule has 0 aromatic heterocycles. The van der Waals surface area contributed by atoms with Crippen LogP contribution in [0.3, 0.4) is 0 Å². The maximum Gasteiger partial charge on any atom is 0.0989 e. The van der Waals surface area contributed by atoms with Crippen molar-refractivity contribution in [1.29, 1.82) is 0 Å². The van der Waals surface area contributed by atoms with Crippen molar-refractivity contribution in [2.24, 2.45) is 5.73 Å². The van der Waals surface area contributed by atoms with Gasteiger partial charge in [0.25, 0.3) is 0 Å². The van der Waals surface area contributed by atoms with Crippen LogP contribution < -0.4 is 5.73 Å². The van der Waals surface area contributed by atoms with Gasteiger partial charge in [-0.25, -0.2) is 0 Å². The molecule has 0 aliphatic carbocycles. The lowest BCUT2D eigenvalue weighted by molar-refractivity contribution is 0.0424. The van der Waals surface area contributed by atoms with Crippen LogP contribution in [0.2, 0.25) is 5.02 Å². The third kappa shape index (κ3) is 3.20. The van der Waals surface area contributed by atoms with E-state index in [1.54, 1.807) is 0 Å². The van der Waals surface area contributed by atoms with E-state index in [0.717, 1.165) is 17.0 Å². The highest BCUT2D eigenvalue weighted by Gasteiger charge is 2.20. The van der Waals surface area contributed by atoms with Gasteiger partial charge in [-0.05, 0) is 19.4 Å². The number of halogens is 1. The van der Waals surface area contributed by atoms with Crippen LogP contribution in [-0.4, -0.2) is 12.6 Å². The molecule has 0 amide bonds. The van der Waals surface area contributed by atoms with Gasteiger partial charge in [0.15, 0.2) is 0 Å². The second-order valence-corrected chi connectivity index (χ2v) is 3.88. The van der Waals surface area contributed by atoms with E-state index in [1.165, 1.54) is 0 Å². The van der Waals surface area contributed by atoms with Crippen molar-refractivity contribution in [3.8, 4) is 0 Å². The Balaban J connectivity index is 2.93. The smallest absolute Gasteiger partial charge is 0.0989 e. The first-order valence-corrected chi connectivity index (χ1v) is 5.70. The molecule has 0 saturated carbocycles. The summed E-state index contributed by atoms with van der Waals surface area (Å²) in [4.78, 5) is 0. The summed E-state index contributed by atoms with van der Waals surface area (Å²) >= 11 is 6.12. The van der Waals surface area contributed by atoms with Crippen molar-refractivity contribution in [1.82, 2.24) is 0 Å². The highest BCUT2D eigenvalue weighted by Crippen LogP contribution is 2.28. The molecule has 2 N–H and O–H groups in total. The molecule has 1 aromatic rings. The number of nitrogens with two attached hydrogens (primary N) is 1. The predicted molar refractivity (Wildman–Crippen MR) is 64.1 cm³/mol. The van der Waals surface area contributed by atoms with Crippen molar-refractivity contribution in [3.05, 3.63) is 34.9 Å². The van der Waals surface area contributed by atoms with Crippen LogP contribution in [0, 0.1) is 0 Å². The number of hydrogen-bond donors (Lipinski definition) is 1. The number of hydrogen-bond acceptors (Lipinski definition) is 2. The lowest BCUT2D eigenvalue weighted by Crippen LogP contribution is -2.29. The second-order valence-electron chi connectivity index (χ2n) is 3.47. The molecule has 2 atom stereocenters. The zero-order chi connectivity index (χ0) is 11.3.